The minimum Gasteiger partial charge on any atom is -0.299 e. The molecule has 1 fully saturated rings. The molecular formula is C14H13F2NOS. The molecule has 1 saturated carbocycles. The Morgan fingerprint density at radius 1 is 1.42 bits per heavy atom. The second kappa shape index (κ2) is 4.63. The van der Waals surface area contributed by atoms with Gasteiger partial charge in [-0.2, -0.15) is 0 Å². The van der Waals surface area contributed by atoms with Gasteiger partial charge in [0, 0.05) is 18.8 Å². The maximum absolute atomic E-state index is 13.1. The van der Waals surface area contributed by atoms with Gasteiger partial charge in [0.2, 0.25) is 5.92 Å². The number of carbonyl (C=O) groups excluding carboxylic acids is 1. The monoisotopic (exact) mass is 281 g/mol. The smallest absolute Gasteiger partial charge is 0.248 e. The molecule has 1 atom stereocenters. The average molecular weight is 281 g/mol. The maximum Gasteiger partial charge on any atom is 0.248 e. The first-order chi connectivity index (χ1) is 9.03. The second-order valence-corrected chi connectivity index (χ2v) is 6.13. The van der Waals surface area contributed by atoms with Crippen LogP contribution in [0.5, 0.6) is 0 Å². The zero-order valence-electron chi connectivity index (χ0n) is 10.2. The number of nitrogens with zero attached hydrogens (tertiary/aromatic N) is 1. The Labute approximate surface area is 113 Å². The molecule has 1 aliphatic carbocycles. The number of para-hydroxylation sites is 1. The topological polar surface area (TPSA) is 30.0 Å². The molecule has 0 saturated heterocycles. The predicted octanol–water partition coefficient (Wildman–Crippen LogP) is 3.84. The van der Waals surface area contributed by atoms with Crippen LogP contribution >= 0.6 is 11.3 Å². The number of carbonyl (C=O) groups is 1. The summed E-state index contributed by atoms with van der Waals surface area (Å²) in [4.78, 5) is 16.4. The van der Waals surface area contributed by atoms with Crippen molar-refractivity contribution in [2.45, 2.75) is 31.6 Å². The van der Waals surface area contributed by atoms with E-state index in [0.29, 0.717) is 6.42 Å². The van der Waals surface area contributed by atoms with Crippen molar-refractivity contribution in [2.24, 2.45) is 5.92 Å². The maximum atomic E-state index is 13.1. The average Bonchev–Trinajstić information content (AvgIpc) is 2.91. The fraction of sp³-hybridized carbons (Fsp3) is 0.429. The molecule has 1 heterocycles. The lowest BCUT2D eigenvalue weighted by Gasteiger charge is -2.08. The summed E-state index contributed by atoms with van der Waals surface area (Å²) in [7, 11) is 0. The summed E-state index contributed by atoms with van der Waals surface area (Å²) in [5.74, 6) is -3.26. The van der Waals surface area contributed by atoms with Crippen LogP contribution in [0.15, 0.2) is 24.3 Å². The van der Waals surface area contributed by atoms with E-state index in [4.69, 9.17) is 0 Å². The first-order valence-corrected chi connectivity index (χ1v) is 7.10. The number of rotatable bonds is 3. The van der Waals surface area contributed by atoms with Gasteiger partial charge in [-0.25, -0.2) is 13.8 Å². The first-order valence-electron chi connectivity index (χ1n) is 6.28. The molecule has 3 rings (SSSR count). The molecule has 0 aliphatic heterocycles. The molecule has 2 nitrogen and oxygen atoms in total. The number of hydrogen-bond acceptors (Lipinski definition) is 3. The fourth-order valence-corrected chi connectivity index (χ4v) is 3.49. The third kappa shape index (κ3) is 2.66. The van der Waals surface area contributed by atoms with Crippen molar-refractivity contribution in [3.8, 4) is 0 Å². The molecule has 1 aromatic carbocycles. The van der Waals surface area contributed by atoms with Crippen LogP contribution in [-0.4, -0.2) is 16.7 Å². The first kappa shape index (κ1) is 12.7. The van der Waals surface area contributed by atoms with Gasteiger partial charge < -0.3 is 0 Å². The SMILES string of the molecule is O=C(Cc1nc2ccccc2s1)C1CCC(F)(F)C1. The Bertz CT molecular complexity index is 590. The number of fused-ring (bicyclic) bond motifs is 1. The van der Waals surface area contributed by atoms with Gasteiger partial charge >= 0.3 is 0 Å². The van der Waals surface area contributed by atoms with Crippen molar-refractivity contribution < 1.29 is 13.6 Å². The molecular weight excluding hydrogens is 268 g/mol. The van der Waals surface area contributed by atoms with E-state index in [1.165, 1.54) is 11.3 Å². The Morgan fingerprint density at radius 3 is 2.89 bits per heavy atom. The minimum absolute atomic E-state index is 0.101. The van der Waals surface area contributed by atoms with Crippen molar-refractivity contribution in [1.29, 1.82) is 0 Å². The summed E-state index contributed by atoms with van der Waals surface area (Å²) in [6.45, 7) is 0. The van der Waals surface area contributed by atoms with Crippen LogP contribution in [0.2, 0.25) is 0 Å². The van der Waals surface area contributed by atoms with Crippen LogP contribution < -0.4 is 0 Å². The van der Waals surface area contributed by atoms with E-state index >= 15 is 0 Å². The van der Waals surface area contributed by atoms with Gasteiger partial charge in [-0.3, -0.25) is 4.79 Å². The van der Waals surface area contributed by atoms with E-state index in [2.05, 4.69) is 4.98 Å². The van der Waals surface area contributed by atoms with Gasteiger partial charge in [0.05, 0.1) is 16.6 Å². The second-order valence-electron chi connectivity index (χ2n) is 5.01. The molecule has 19 heavy (non-hydrogen) atoms. The molecule has 0 spiro atoms. The summed E-state index contributed by atoms with van der Waals surface area (Å²) in [6.07, 6.45) is 0.0246. The number of thiazole rings is 1. The van der Waals surface area contributed by atoms with Crippen LogP contribution in [0.25, 0.3) is 10.2 Å². The molecule has 0 bridgehead atoms. The van der Waals surface area contributed by atoms with Crippen molar-refractivity contribution in [1.82, 2.24) is 4.98 Å². The third-order valence-corrected chi connectivity index (χ3v) is 4.56. The lowest BCUT2D eigenvalue weighted by Crippen LogP contribution is -2.17. The Hall–Kier alpha value is -1.36. The summed E-state index contributed by atoms with van der Waals surface area (Å²) in [5, 5.41) is 0.724. The molecule has 5 heteroatoms. The highest BCUT2D eigenvalue weighted by atomic mass is 32.1. The molecule has 100 valence electrons. The Kier molecular flexibility index (Phi) is 3.09. The normalized spacial score (nSPS) is 21.9. The number of hydrogen-bond donors (Lipinski definition) is 0. The molecule has 0 N–H and O–H groups in total. The zero-order valence-corrected chi connectivity index (χ0v) is 11.1. The van der Waals surface area contributed by atoms with Crippen LogP contribution in [0.4, 0.5) is 8.78 Å². The van der Waals surface area contributed by atoms with Crippen LogP contribution in [0.3, 0.4) is 0 Å². The highest BCUT2D eigenvalue weighted by Crippen LogP contribution is 2.39. The number of alkyl halides is 2. The molecule has 1 aromatic heterocycles. The van der Waals surface area contributed by atoms with E-state index in [-0.39, 0.29) is 25.0 Å². The highest BCUT2D eigenvalue weighted by molar-refractivity contribution is 7.18. The van der Waals surface area contributed by atoms with Crippen LogP contribution in [-0.2, 0) is 11.2 Å². The lowest BCUT2D eigenvalue weighted by atomic mass is 10.0. The summed E-state index contributed by atoms with van der Waals surface area (Å²) in [6, 6.07) is 7.66. The molecule has 0 radical (unpaired) electrons. The largest absolute Gasteiger partial charge is 0.299 e. The number of Topliss-reactive ketones (excluding diaryl/α,β-unsaturated/α-hetero) is 1. The summed E-state index contributed by atoms with van der Waals surface area (Å²) < 4.78 is 27.2. The van der Waals surface area contributed by atoms with E-state index < -0.39 is 11.8 Å². The van der Waals surface area contributed by atoms with E-state index in [1.807, 2.05) is 24.3 Å². The molecule has 2 aromatic rings. The van der Waals surface area contributed by atoms with E-state index in [1.54, 1.807) is 0 Å². The molecule has 1 unspecified atom stereocenters. The van der Waals surface area contributed by atoms with Crippen molar-refractivity contribution in [3.63, 3.8) is 0 Å². The lowest BCUT2D eigenvalue weighted by molar-refractivity contribution is -0.123. The Morgan fingerprint density at radius 2 is 2.21 bits per heavy atom. The summed E-state index contributed by atoms with van der Waals surface area (Å²) in [5.41, 5.74) is 0.868. The fourth-order valence-electron chi connectivity index (χ4n) is 2.51. The highest BCUT2D eigenvalue weighted by Gasteiger charge is 2.42. The minimum atomic E-state index is -2.66. The van der Waals surface area contributed by atoms with Gasteiger partial charge in [-0.15, -0.1) is 11.3 Å². The number of ketones is 1. The summed E-state index contributed by atoms with van der Waals surface area (Å²) >= 11 is 1.46. The predicted molar refractivity (Wildman–Crippen MR) is 70.6 cm³/mol. The number of halogens is 2. The number of benzene rings is 1. The van der Waals surface area contributed by atoms with Crippen molar-refractivity contribution in [3.05, 3.63) is 29.3 Å². The van der Waals surface area contributed by atoms with E-state index in [0.717, 1.165) is 15.2 Å². The van der Waals surface area contributed by atoms with Gasteiger partial charge in [0.15, 0.2) is 0 Å². The van der Waals surface area contributed by atoms with Crippen molar-refractivity contribution >= 4 is 27.3 Å². The van der Waals surface area contributed by atoms with Crippen molar-refractivity contribution in [2.75, 3.05) is 0 Å². The van der Waals surface area contributed by atoms with Gasteiger partial charge in [0.1, 0.15) is 10.8 Å². The molecule has 1 aliphatic rings. The van der Waals surface area contributed by atoms with Gasteiger partial charge in [0.25, 0.3) is 0 Å². The quantitative estimate of drug-likeness (QED) is 0.855. The van der Waals surface area contributed by atoms with Crippen LogP contribution in [0.1, 0.15) is 24.3 Å². The third-order valence-electron chi connectivity index (χ3n) is 3.52. The standard InChI is InChI=1S/C14H13F2NOS/c15-14(16)6-5-9(8-14)11(18)7-13-17-10-3-1-2-4-12(10)19-13/h1-4,9H,5-8H2. The van der Waals surface area contributed by atoms with E-state index in [9.17, 15) is 13.6 Å². The van der Waals surface area contributed by atoms with Gasteiger partial charge in [-0.1, -0.05) is 12.1 Å². The van der Waals surface area contributed by atoms with Crippen LogP contribution in [0, 0.1) is 5.92 Å². The van der Waals surface area contributed by atoms with Gasteiger partial charge in [-0.05, 0) is 18.6 Å². The zero-order chi connectivity index (χ0) is 13.5. The Balaban J connectivity index is 1.73. The molecule has 0 amide bonds. The number of aromatic nitrogens is 1.